The van der Waals surface area contributed by atoms with E-state index in [1.165, 1.54) is 0 Å². The number of hydrogen-bond acceptors (Lipinski definition) is 3. The Balaban J connectivity index is 1.50. The van der Waals surface area contributed by atoms with Crippen molar-refractivity contribution in [3.8, 4) is 23.0 Å². The van der Waals surface area contributed by atoms with Gasteiger partial charge in [-0.05, 0) is 55.2 Å². The number of carbonyl (C=O) groups excluding carboxylic acids is 1. The fourth-order valence-electron chi connectivity index (χ4n) is 4.51. The van der Waals surface area contributed by atoms with Crippen molar-refractivity contribution in [1.29, 1.82) is 0 Å². The van der Waals surface area contributed by atoms with Crippen molar-refractivity contribution >= 4 is 16.8 Å². The van der Waals surface area contributed by atoms with Crippen LogP contribution in [0.2, 0.25) is 0 Å². The Morgan fingerprint density at radius 2 is 1.67 bits per heavy atom. The van der Waals surface area contributed by atoms with Gasteiger partial charge in [0.1, 0.15) is 5.69 Å². The molecular weight excluding hydrogens is 408 g/mol. The highest BCUT2D eigenvalue weighted by atomic mass is 16.2. The highest BCUT2D eigenvalue weighted by molar-refractivity contribution is 5.99. The third-order valence-electron chi connectivity index (χ3n) is 6.20. The molecule has 5 heteroatoms. The Labute approximate surface area is 193 Å². The Morgan fingerprint density at radius 1 is 0.939 bits per heavy atom. The molecule has 2 heterocycles. The summed E-state index contributed by atoms with van der Waals surface area (Å²) in [4.78, 5) is 15.3. The van der Waals surface area contributed by atoms with Crippen LogP contribution in [-0.2, 0) is 0 Å². The maximum Gasteiger partial charge on any atom is 0.254 e. The van der Waals surface area contributed by atoms with Gasteiger partial charge in [0.25, 0.3) is 5.91 Å². The van der Waals surface area contributed by atoms with E-state index in [9.17, 15) is 4.79 Å². The largest absolute Gasteiger partial charge is 0.331 e. The summed E-state index contributed by atoms with van der Waals surface area (Å²) in [7, 11) is 0. The molecule has 1 aliphatic rings. The molecule has 1 saturated heterocycles. The first-order chi connectivity index (χ1) is 16.1. The van der Waals surface area contributed by atoms with Crippen LogP contribution in [0, 0.1) is 11.8 Å². The molecule has 4 aromatic rings. The molecule has 5 rings (SSSR count). The van der Waals surface area contributed by atoms with Crippen molar-refractivity contribution in [3.05, 3.63) is 89.6 Å². The number of rotatable bonds is 2. The van der Waals surface area contributed by atoms with Crippen LogP contribution in [0.15, 0.2) is 72.8 Å². The van der Waals surface area contributed by atoms with Crippen LogP contribution in [0.5, 0.6) is 0 Å². The van der Waals surface area contributed by atoms with Gasteiger partial charge in [0, 0.05) is 41.7 Å². The number of nitrogens with zero attached hydrogens (tertiary/aromatic N) is 2. The fraction of sp³-hybridized carbons (Fsp3) is 0.214. The maximum absolute atomic E-state index is 13.3. The average molecular weight is 435 g/mol. The first-order valence-corrected chi connectivity index (χ1v) is 11.3. The molecule has 2 N–H and O–H groups in total. The van der Waals surface area contributed by atoms with Crippen LogP contribution in [-0.4, -0.2) is 46.2 Å². The minimum atomic E-state index is 0.0490. The lowest BCUT2D eigenvalue weighted by Crippen LogP contribution is -2.57. The van der Waals surface area contributed by atoms with Gasteiger partial charge in [-0.1, -0.05) is 54.5 Å². The minimum Gasteiger partial charge on any atom is -0.331 e. The zero-order valence-corrected chi connectivity index (χ0v) is 18.8. The quantitative estimate of drug-likeness (QED) is 0.458. The van der Waals surface area contributed by atoms with Gasteiger partial charge in [0.05, 0.1) is 5.52 Å². The number of nitrogens with one attached hydrogen (secondary N) is 2. The number of carbonyl (C=O) groups is 1. The molecule has 0 spiro atoms. The molecule has 2 atom stereocenters. The Morgan fingerprint density at radius 3 is 2.45 bits per heavy atom. The SMILES string of the molecule is C[C@@H]1CNC[C@H](C)N1C(=O)c1ccc2[nH]nc(C#Cc3ccccc3-c3ccccc3)c2c1. The first kappa shape index (κ1) is 21.0. The predicted molar refractivity (Wildman–Crippen MR) is 132 cm³/mol. The molecule has 1 amide bonds. The van der Waals surface area contributed by atoms with Gasteiger partial charge in [-0.3, -0.25) is 9.89 Å². The van der Waals surface area contributed by atoms with Gasteiger partial charge < -0.3 is 10.2 Å². The van der Waals surface area contributed by atoms with E-state index < -0.39 is 0 Å². The van der Waals surface area contributed by atoms with Gasteiger partial charge in [-0.25, -0.2) is 0 Å². The van der Waals surface area contributed by atoms with E-state index in [0.29, 0.717) is 11.3 Å². The first-order valence-electron chi connectivity index (χ1n) is 11.3. The van der Waals surface area contributed by atoms with Crippen LogP contribution >= 0.6 is 0 Å². The highest BCUT2D eigenvalue weighted by Gasteiger charge is 2.29. The van der Waals surface area contributed by atoms with E-state index in [-0.39, 0.29) is 18.0 Å². The smallest absolute Gasteiger partial charge is 0.254 e. The van der Waals surface area contributed by atoms with E-state index in [4.69, 9.17) is 0 Å². The van der Waals surface area contributed by atoms with E-state index in [0.717, 1.165) is 40.7 Å². The summed E-state index contributed by atoms with van der Waals surface area (Å²) < 4.78 is 0. The lowest BCUT2D eigenvalue weighted by atomic mass is 10.00. The van der Waals surface area contributed by atoms with Gasteiger partial charge in [0.2, 0.25) is 0 Å². The number of fused-ring (bicyclic) bond motifs is 1. The number of hydrogen-bond donors (Lipinski definition) is 2. The van der Waals surface area contributed by atoms with Crippen LogP contribution in [0.25, 0.3) is 22.0 Å². The zero-order chi connectivity index (χ0) is 22.8. The van der Waals surface area contributed by atoms with Gasteiger partial charge in [-0.15, -0.1) is 0 Å². The molecule has 5 nitrogen and oxygen atoms in total. The van der Waals surface area contributed by atoms with Crippen LogP contribution < -0.4 is 5.32 Å². The Bertz CT molecular complexity index is 1350. The van der Waals surface area contributed by atoms with Gasteiger partial charge in [-0.2, -0.15) is 5.10 Å². The highest BCUT2D eigenvalue weighted by Crippen LogP contribution is 2.24. The number of piperazine rings is 1. The molecule has 3 aromatic carbocycles. The summed E-state index contributed by atoms with van der Waals surface area (Å²) in [6.45, 7) is 5.78. The predicted octanol–water partition coefficient (Wildman–Crippen LogP) is 4.45. The second-order valence-corrected chi connectivity index (χ2v) is 8.56. The molecule has 0 aliphatic carbocycles. The van der Waals surface area contributed by atoms with Crippen LogP contribution in [0.4, 0.5) is 0 Å². The molecule has 33 heavy (non-hydrogen) atoms. The summed E-state index contributed by atoms with van der Waals surface area (Å²) in [5.74, 6) is 6.58. The molecule has 0 radical (unpaired) electrons. The summed E-state index contributed by atoms with van der Waals surface area (Å²) in [6, 6.07) is 24.3. The Hall–Kier alpha value is -3.88. The summed E-state index contributed by atoms with van der Waals surface area (Å²) >= 11 is 0. The van der Waals surface area contributed by atoms with Crippen molar-refractivity contribution in [2.24, 2.45) is 0 Å². The number of benzene rings is 3. The second-order valence-electron chi connectivity index (χ2n) is 8.56. The summed E-state index contributed by atoms with van der Waals surface area (Å²) in [6.07, 6.45) is 0. The summed E-state index contributed by atoms with van der Waals surface area (Å²) in [5, 5.41) is 11.7. The van der Waals surface area contributed by atoms with E-state index in [1.807, 2.05) is 59.5 Å². The van der Waals surface area contributed by atoms with Gasteiger partial charge in [0.15, 0.2) is 0 Å². The molecule has 164 valence electrons. The topological polar surface area (TPSA) is 61.0 Å². The molecule has 0 bridgehead atoms. The Kier molecular flexibility index (Phi) is 5.68. The number of amides is 1. The van der Waals surface area contributed by atoms with Crippen molar-refractivity contribution < 1.29 is 4.79 Å². The minimum absolute atomic E-state index is 0.0490. The number of aromatic nitrogens is 2. The standard InChI is InChI=1S/C28H26N4O/c1-19-17-29-18-20(2)32(19)28(33)23-13-15-27-25(16-23)26(30-31-27)14-12-22-10-6-7-11-24(22)21-8-4-3-5-9-21/h3-11,13,15-16,19-20,29H,17-18H2,1-2H3,(H,30,31)/t19-,20+. The van der Waals surface area contributed by atoms with Crippen LogP contribution in [0.3, 0.4) is 0 Å². The molecule has 1 fully saturated rings. The fourth-order valence-corrected chi connectivity index (χ4v) is 4.51. The monoisotopic (exact) mass is 434 g/mol. The second kappa shape index (κ2) is 8.93. The third kappa shape index (κ3) is 4.13. The van der Waals surface area contributed by atoms with Crippen molar-refractivity contribution in [1.82, 2.24) is 20.4 Å². The molecular formula is C28H26N4O. The van der Waals surface area contributed by atoms with E-state index >= 15 is 0 Å². The third-order valence-corrected chi connectivity index (χ3v) is 6.20. The van der Waals surface area contributed by atoms with E-state index in [2.05, 4.69) is 59.4 Å². The van der Waals surface area contributed by atoms with Crippen molar-refractivity contribution in [3.63, 3.8) is 0 Å². The molecule has 0 saturated carbocycles. The molecule has 1 aromatic heterocycles. The summed E-state index contributed by atoms with van der Waals surface area (Å²) in [5.41, 5.74) is 5.33. The molecule has 1 aliphatic heterocycles. The lowest BCUT2D eigenvalue weighted by Gasteiger charge is -2.39. The number of aromatic amines is 1. The normalized spacial score (nSPS) is 18.1. The zero-order valence-electron chi connectivity index (χ0n) is 18.8. The average Bonchev–Trinajstić information content (AvgIpc) is 3.25. The maximum atomic E-state index is 13.3. The van der Waals surface area contributed by atoms with Crippen molar-refractivity contribution in [2.75, 3.05) is 13.1 Å². The molecule has 0 unspecified atom stereocenters. The van der Waals surface area contributed by atoms with E-state index in [1.54, 1.807) is 0 Å². The van der Waals surface area contributed by atoms with Crippen LogP contribution in [0.1, 0.15) is 35.5 Å². The van der Waals surface area contributed by atoms with Gasteiger partial charge >= 0.3 is 0 Å². The lowest BCUT2D eigenvalue weighted by molar-refractivity contribution is 0.0544. The van der Waals surface area contributed by atoms with Crippen molar-refractivity contribution in [2.45, 2.75) is 25.9 Å². The number of H-pyrrole nitrogens is 1.